The molecule has 0 aromatic heterocycles. The van der Waals surface area contributed by atoms with Crippen LogP contribution < -0.4 is 9.47 Å². The van der Waals surface area contributed by atoms with Crippen LogP contribution in [0.3, 0.4) is 0 Å². The van der Waals surface area contributed by atoms with Crippen molar-refractivity contribution >= 4 is 17.8 Å². The van der Waals surface area contributed by atoms with Gasteiger partial charge in [0.15, 0.2) is 23.9 Å². The number of fused-ring (bicyclic) bond motifs is 1. The van der Waals surface area contributed by atoms with Gasteiger partial charge in [0.05, 0.1) is 0 Å². The molecule has 25 heavy (non-hydrogen) atoms. The Kier molecular flexibility index (Phi) is 5.14. The molecule has 0 saturated heterocycles. The maximum Gasteiger partial charge on any atom is 0.331 e. The van der Waals surface area contributed by atoms with Crippen LogP contribution in [0.15, 0.2) is 48.5 Å². The van der Waals surface area contributed by atoms with Crippen LogP contribution in [0, 0.1) is 6.92 Å². The molecule has 0 fully saturated rings. The Bertz CT molecular complexity index is 823. The maximum atomic E-state index is 12.2. The Morgan fingerprint density at radius 2 is 1.84 bits per heavy atom. The minimum absolute atomic E-state index is 0.297. The van der Waals surface area contributed by atoms with Gasteiger partial charge in [0.2, 0.25) is 0 Å². The van der Waals surface area contributed by atoms with Gasteiger partial charge in [0.25, 0.3) is 0 Å². The average molecular weight is 338 g/mol. The minimum Gasteiger partial charge on any atom is -0.486 e. The Morgan fingerprint density at radius 3 is 2.64 bits per heavy atom. The van der Waals surface area contributed by atoms with Crippen LogP contribution in [-0.2, 0) is 9.53 Å². The molecule has 5 nitrogen and oxygen atoms in total. The number of Topliss-reactive ketones (excluding diaryl/α,β-unsaturated/α-hetero) is 1. The molecule has 0 unspecified atom stereocenters. The number of carbonyl (C=O) groups excluding carboxylic acids is 2. The van der Waals surface area contributed by atoms with E-state index in [0.29, 0.717) is 30.3 Å². The van der Waals surface area contributed by atoms with E-state index >= 15 is 0 Å². The Morgan fingerprint density at radius 1 is 1.08 bits per heavy atom. The Labute approximate surface area is 145 Å². The molecule has 3 rings (SSSR count). The fourth-order valence-electron chi connectivity index (χ4n) is 2.42. The highest BCUT2D eigenvalue weighted by molar-refractivity contribution is 5.99. The molecule has 1 aliphatic rings. The third-order valence-corrected chi connectivity index (χ3v) is 3.80. The van der Waals surface area contributed by atoms with Gasteiger partial charge in [0, 0.05) is 11.6 Å². The van der Waals surface area contributed by atoms with Gasteiger partial charge in [-0.1, -0.05) is 24.3 Å². The van der Waals surface area contributed by atoms with Crippen LogP contribution in [-0.4, -0.2) is 31.6 Å². The summed E-state index contributed by atoms with van der Waals surface area (Å²) in [5, 5.41) is 0. The SMILES string of the molecule is Cc1ccccc1/C=C/C(=O)OCC(=O)c1ccc2c(c1)OCCO2. The Hall–Kier alpha value is -3.08. The second kappa shape index (κ2) is 7.66. The summed E-state index contributed by atoms with van der Waals surface area (Å²) in [4.78, 5) is 24.0. The summed E-state index contributed by atoms with van der Waals surface area (Å²) in [5.41, 5.74) is 2.40. The largest absolute Gasteiger partial charge is 0.486 e. The standard InChI is InChI=1S/C20H18O5/c1-14-4-2-3-5-15(14)7-9-20(22)25-13-17(21)16-6-8-18-19(12-16)24-11-10-23-18/h2-9,12H,10-11,13H2,1H3/b9-7+. The van der Waals surface area contributed by atoms with Gasteiger partial charge in [-0.25, -0.2) is 4.79 Å². The summed E-state index contributed by atoms with van der Waals surface area (Å²) in [6.07, 6.45) is 2.99. The Balaban J connectivity index is 1.57. The monoisotopic (exact) mass is 338 g/mol. The smallest absolute Gasteiger partial charge is 0.331 e. The average Bonchev–Trinajstić information content (AvgIpc) is 2.65. The van der Waals surface area contributed by atoms with Gasteiger partial charge < -0.3 is 14.2 Å². The molecule has 0 aliphatic carbocycles. The molecule has 1 heterocycles. The third kappa shape index (κ3) is 4.26. The molecule has 128 valence electrons. The highest BCUT2D eigenvalue weighted by atomic mass is 16.6. The van der Waals surface area contributed by atoms with E-state index in [0.717, 1.165) is 11.1 Å². The second-order valence-corrected chi connectivity index (χ2v) is 5.58. The van der Waals surface area contributed by atoms with Crippen LogP contribution in [0.2, 0.25) is 0 Å². The van der Waals surface area contributed by atoms with Crippen molar-refractivity contribution in [2.24, 2.45) is 0 Å². The van der Waals surface area contributed by atoms with E-state index in [1.54, 1.807) is 24.3 Å². The van der Waals surface area contributed by atoms with Crippen molar-refractivity contribution in [3.8, 4) is 11.5 Å². The lowest BCUT2D eigenvalue weighted by molar-refractivity contribution is -0.136. The fraction of sp³-hybridized carbons (Fsp3) is 0.200. The number of benzene rings is 2. The normalized spacial score (nSPS) is 12.8. The number of ketones is 1. The van der Waals surface area contributed by atoms with E-state index in [-0.39, 0.29) is 12.4 Å². The summed E-state index contributed by atoms with van der Waals surface area (Å²) in [6, 6.07) is 12.6. The number of carbonyl (C=O) groups is 2. The zero-order valence-electron chi connectivity index (χ0n) is 13.9. The summed E-state index contributed by atoms with van der Waals surface area (Å²) in [5.74, 6) is 0.285. The molecule has 0 bridgehead atoms. The molecule has 0 N–H and O–H groups in total. The number of hydrogen-bond acceptors (Lipinski definition) is 5. The van der Waals surface area contributed by atoms with Gasteiger partial charge in [-0.15, -0.1) is 0 Å². The molecule has 0 saturated carbocycles. The van der Waals surface area contributed by atoms with E-state index in [2.05, 4.69) is 0 Å². The second-order valence-electron chi connectivity index (χ2n) is 5.58. The summed E-state index contributed by atoms with van der Waals surface area (Å²) in [7, 11) is 0. The van der Waals surface area contributed by atoms with E-state index < -0.39 is 5.97 Å². The van der Waals surface area contributed by atoms with E-state index in [1.165, 1.54) is 6.08 Å². The van der Waals surface area contributed by atoms with Gasteiger partial charge in [0.1, 0.15) is 13.2 Å². The predicted octanol–water partition coefficient (Wildman–Crippen LogP) is 3.21. The number of aryl methyl sites for hydroxylation is 1. The molecule has 1 aliphatic heterocycles. The topological polar surface area (TPSA) is 61.8 Å². The van der Waals surface area contributed by atoms with E-state index in [4.69, 9.17) is 14.2 Å². The number of esters is 1. The molecular formula is C20H18O5. The van der Waals surface area contributed by atoms with Crippen LogP contribution >= 0.6 is 0 Å². The van der Waals surface area contributed by atoms with Gasteiger partial charge in [-0.05, 0) is 42.3 Å². The van der Waals surface area contributed by atoms with Gasteiger partial charge in [-0.3, -0.25) is 4.79 Å². The molecule has 0 amide bonds. The van der Waals surface area contributed by atoms with Crippen molar-refractivity contribution < 1.29 is 23.8 Å². The van der Waals surface area contributed by atoms with E-state index in [9.17, 15) is 9.59 Å². The summed E-state index contributed by atoms with van der Waals surface area (Å²) < 4.78 is 15.9. The number of rotatable bonds is 5. The van der Waals surface area contributed by atoms with Crippen molar-refractivity contribution in [3.63, 3.8) is 0 Å². The van der Waals surface area contributed by atoms with Crippen LogP contribution in [0.5, 0.6) is 11.5 Å². The zero-order valence-corrected chi connectivity index (χ0v) is 13.9. The van der Waals surface area contributed by atoms with Crippen molar-refractivity contribution in [1.29, 1.82) is 0 Å². The molecule has 0 radical (unpaired) electrons. The molecule has 0 spiro atoms. The number of ether oxygens (including phenoxy) is 3. The molecule has 2 aromatic carbocycles. The maximum absolute atomic E-state index is 12.2. The number of hydrogen-bond donors (Lipinski definition) is 0. The van der Waals surface area contributed by atoms with Crippen molar-refractivity contribution in [3.05, 3.63) is 65.2 Å². The first-order valence-corrected chi connectivity index (χ1v) is 7.97. The van der Waals surface area contributed by atoms with Crippen molar-refractivity contribution in [2.75, 3.05) is 19.8 Å². The molecular weight excluding hydrogens is 320 g/mol. The predicted molar refractivity (Wildman–Crippen MR) is 92.9 cm³/mol. The third-order valence-electron chi connectivity index (χ3n) is 3.80. The lowest BCUT2D eigenvalue weighted by Crippen LogP contribution is -2.17. The first kappa shape index (κ1) is 16.8. The van der Waals surface area contributed by atoms with E-state index in [1.807, 2.05) is 31.2 Å². The minimum atomic E-state index is -0.561. The highest BCUT2D eigenvalue weighted by Crippen LogP contribution is 2.30. The molecule has 0 atom stereocenters. The highest BCUT2D eigenvalue weighted by Gasteiger charge is 2.15. The lowest BCUT2D eigenvalue weighted by atomic mass is 10.1. The van der Waals surface area contributed by atoms with Crippen molar-refractivity contribution in [1.82, 2.24) is 0 Å². The first-order valence-electron chi connectivity index (χ1n) is 7.97. The van der Waals surface area contributed by atoms with Crippen LogP contribution in [0.4, 0.5) is 0 Å². The quantitative estimate of drug-likeness (QED) is 0.476. The molecule has 2 aromatic rings. The van der Waals surface area contributed by atoms with Crippen LogP contribution in [0.25, 0.3) is 6.08 Å². The first-order chi connectivity index (χ1) is 12.1. The van der Waals surface area contributed by atoms with Gasteiger partial charge >= 0.3 is 5.97 Å². The molecule has 5 heteroatoms. The lowest BCUT2D eigenvalue weighted by Gasteiger charge is -2.18. The van der Waals surface area contributed by atoms with Gasteiger partial charge in [-0.2, -0.15) is 0 Å². The van der Waals surface area contributed by atoms with Crippen LogP contribution in [0.1, 0.15) is 21.5 Å². The van der Waals surface area contributed by atoms with Crippen molar-refractivity contribution in [2.45, 2.75) is 6.92 Å². The zero-order chi connectivity index (χ0) is 17.6. The fourth-order valence-corrected chi connectivity index (χ4v) is 2.42. The summed E-state index contributed by atoms with van der Waals surface area (Å²) >= 11 is 0. The summed E-state index contributed by atoms with van der Waals surface area (Å²) in [6.45, 7) is 2.57.